The van der Waals surface area contributed by atoms with Crippen molar-refractivity contribution in [3.63, 3.8) is 0 Å². The van der Waals surface area contributed by atoms with Crippen molar-refractivity contribution in [3.8, 4) is 0 Å². The standard InChI is InChI=1S/C10H13BrN2O/c11-8-4-5-9(12-7-8)13-10-3-1-2-6-14-10/h4-5,7,10H,1-3,6H2,(H,12,13). The van der Waals surface area contributed by atoms with Gasteiger partial charge in [-0.3, -0.25) is 0 Å². The highest BCUT2D eigenvalue weighted by atomic mass is 79.9. The third kappa shape index (κ3) is 2.69. The summed E-state index contributed by atoms with van der Waals surface area (Å²) in [6.45, 7) is 0.855. The number of anilines is 1. The van der Waals surface area contributed by atoms with Gasteiger partial charge in [-0.1, -0.05) is 0 Å². The number of halogens is 1. The Labute approximate surface area is 92.0 Å². The van der Waals surface area contributed by atoms with Gasteiger partial charge in [0.2, 0.25) is 0 Å². The largest absolute Gasteiger partial charge is 0.359 e. The molecule has 0 spiro atoms. The highest BCUT2D eigenvalue weighted by Crippen LogP contribution is 2.16. The van der Waals surface area contributed by atoms with E-state index in [1.165, 1.54) is 12.8 Å². The quantitative estimate of drug-likeness (QED) is 0.884. The Kier molecular flexibility index (Phi) is 3.37. The molecule has 1 aliphatic heterocycles. The van der Waals surface area contributed by atoms with Crippen molar-refractivity contribution in [3.05, 3.63) is 22.8 Å². The molecule has 0 radical (unpaired) electrons. The third-order valence-electron chi connectivity index (χ3n) is 2.22. The van der Waals surface area contributed by atoms with Gasteiger partial charge in [-0.2, -0.15) is 0 Å². The Morgan fingerprint density at radius 2 is 2.36 bits per heavy atom. The molecule has 0 bridgehead atoms. The van der Waals surface area contributed by atoms with Crippen LogP contribution in [0, 0.1) is 0 Å². The summed E-state index contributed by atoms with van der Waals surface area (Å²) in [5.74, 6) is 0.875. The van der Waals surface area contributed by atoms with Gasteiger partial charge in [0.15, 0.2) is 0 Å². The van der Waals surface area contributed by atoms with Crippen LogP contribution in [0.4, 0.5) is 5.82 Å². The number of hydrogen-bond acceptors (Lipinski definition) is 3. The molecular weight excluding hydrogens is 244 g/mol. The van der Waals surface area contributed by atoms with Crippen molar-refractivity contribution >= 4 is 21.7 Å². The SMILES string of the molecule is Brc1ccc(NC2CCCCO2)nc1. The van der Waals surface area contributed by atoms with Crippen LogP contribution >= 0.6 is 15.9 Å². The molecule has 1 unspecified atom stereocenters. The predicted octanol–water partition coefficient (Wildman–Crippen LogP) is 2.78. The smallest absolute Gasteiger partial charge is 0.128 e. The van der Waals surface area contributed by atoms with Crippen LogP contribution in [-0.4, -0.2) is 17.8 Å². The number of pyridine rings is 1. The molecule has 76 valence electrons. The average molecular weight is 257 g/mol. The molecule has 1 aromatic heterocycles. The van der Waals surface area contributed by atoms with Crippen LogP contribution < -0.4 is 5.32 Å². The van der Waals surface area contributed by atoms with Crippen LogP contribution in [0.3, 0.4) is 0 Å². The Balaban J connectivity index is 1.92. The lowest BCUT2D eigenvalue weighted by Crippen LogP contribution is -2.27. The molecule has 4 heteroatoms. The first-order chi connectivity index (χ1) is 6.84. The van der Waals surface area contributed by atoms with E-state index in [4.69, 9.17) is 4.74 Å². The molecule has 2 rings (SSSR count). The van der Waals surface area contributed by atoms with Gasteiger partial charge in [-0.05, 0) is 47.3 Å². The second kappa shape index (κ2) is 4.75. The Bertz CT molecular complexity index is 283. The molecule has 2 heterocycles. The van der Waals surface area contributed by atoms with E-state index in [1.807, 2.05) is 12.1 Å². The number of nitrogens with zero attached hydrogens (tertiary/aromatic N) is 1. The molecule has 1 fully saturated rings. The first-order valence-corrected chi connectivity index (χ1v) is 5.63. The van der Waals surface area contributed by atoms with Gasteiger partial charge in [0.05, 0.1) is 0 Å². The Hall–Kier alpha value is -0.610. The molecule has 0 aliphatic carbocycles. The maximum absolute atomic E-state index is 5.55. The lowest BCUT2D eigenvalue weighted by molar-refractivity contribution is 0.0341. The molecule has 0 aromatic carbocycles. The van der Waals surface area contributed by atoms with Crippen LogP contribution in [0.5, 0.6) is 0 Å². The van der Waals surface area contributed by atoms with Crippen LogP contribution in [-0.2, 0) is 4.74 Å². The predicted molar refractivity (Wildman–Crippen MR) is 59.2 cm³/mol. The molecular formula is C10H13BrN2O. The van der Waals surface area contributed by atoms with E-state index in [1.54, 1.807) is 6.20 Å². The maximum atomic E-state index is 5.55. The summed E-state index contributed by atoms with van der Waals surface area (Å²) in [6, 6.07) is 3.92. The van der Waals surface area contributed by atoms with E-state index in [0.29, 0.717) is 0 Å². The molecule has 1 N–H and O–H groups in total. The lowest BCUT2D eigenvalue weighted by atomic mass is 10.2. The highest BCUT2D eigenvalue weighted by molar-refractivity contribution is 9.10. The number of ether oxygens (including phenoxy) is 1. The topological polar surface area (TPSA) is 34.1 Å². The van der Waals surface area contributed by atoms with Gasteiger partial charge in [0.1, 0.15) is 12.0 Å². The average Bonchev–Trinajstić information content (AvgIpc) is 2.23. The fourth-order valence-corrected chi connectivity index (χ4v) is 1.72. The second-order valence-corrected chi connectivity index (χ2v) is 4.28. The maximum Gasteiger partial charge on any atom is 0.128 e. The zero-order chi connectivity index (χ0) is 9.80. The monoisotopic (exact) mass is 256 g/mol. The van der Waals surface area contributed by atoms with Gasteiger partial charge in [-0.15, -0.1) is 0 Å². The molecule has 1 aromatic rings. The summed E-state index contributed by atoms with van der Waals surface area (Å²) < 4.78 is 6.54. The first-order valence-electron chi connectivity index (χ1n) is 4.84. The van der Waals surface area contributed by atoms with Crippen molar-refractivity contribution in [2.24, 2.45) is 0 Å². The van der Waals surface area contributed by atoms with Crippen molar-refractivity contribution in [2.45, 2.75) is 25.5 Å². The van der Waals surface area contributed by atoms with Crippen LogP contribution in [0.2, 0.25) is 0 Å². The number of rotatable bonds is 2. The molecule has 1 saturated heterocycles. The van der Waals surface area contributed by atoms with Crippen LogP contribution in [0.25, 0.3) is 0 Å². The summed E-state index contributed by atoms with van der Waals surface area (Å²) in [5, 5.41) is 3.25. The molecule has 3 nitrogen and oxygen atoms in total. The van der Waals surface area contributed by atoms with E-state index >= 15 is 0 Å². The fraction of sp³-hybridized carbons (Fsp3) is 0.500. The normalized spacial score (nSPS) is 21.9. The van der Waals surface area contributed by atoms with Gasteiger partial charge >= 0.3 is 0 Å². The van der Waals surface area contributed by atoms with Crippen LogP contribution in [0.1, 0.15) is 19.3 Å². The lowest BCUT2D eigenvalue weighted by Gasteiger charge is -2.23. The van der Waals surface area contributed by atoms with Crippen LogP contribution in [0.15, 0.2) is 22.8 Å². The molecule has 1 aliphatic rings. The second-order valence-electron chi connectivity index (χ2n) is 3.36. The fourth-order valence-electron chi connectivity index (χ4n) is 1.48. The summed E-state index contributed by atoms with van der Waals surface area (Å²) in [5.41, 5.74) is 0. The minimum Gasteiger partial charge on any atom is -0.359 e. The van der Waals surface area contributed by atoms with Crippen molar-refractivity contribution in [1.82, 2.24) is 4.98 Å². The number of nitrogens with one attached hydrogen (secondary N) is 1. The summed E-state index contributed by atoms with van der Waals surface area (Å²) >= 11 is 3.35. The van der Waals surface area contributed by atoms with Gasteiger partial charge in [0, 0.05) is 17.3 Å². The zero-order valence-electron chi connectivity index (χ0n) is 7.87. The van der Waals surface area contributed by atoms with E-state index in [0.717, 1.165) is 23.3 Å². The molecule has 0 saturated carbocycles. The number of aromatic nitrogens is 1. The number of hydrogen-bond donors (Lipinski definition) is 1. The van der Waals surface area contributed by atoms with E-state index in [-0.39, 0.29) is 6.23 Å². The first kappa shape index (κ1) is 9.93. The third-order valence-corrected chi connectivity index (χ3v) is 2.69. The van der Waals surface area contributed by atoms with Gasteiger partial charge < -0.3 is 10.1 Å². The summed E-state index contributed by atoms with van der Waals surface area (Å²) in [7, 11) is 0. The zero-order valence-corrected chi connectivity index (χ0v) is 9.46. The van der Waals surface area contributed by atoms with E-state index in [9.17, 15) is 0 Å². The molecule has 14 heavy (non-hydrogen) atoms. The van der Waals surface area contributed by atoms with E-state index < -0.39 is 0 Å². The molecule has 0 amide bonds. The molecule has 1 atom stereocenters. The Morgan fingerprint density at radius 1 is 1.43 bits per heavy atom. The highest BCUT2D eigenvalue weighted by Gasteiger charge is 2.13. The summed E-state index contributed by atoms with van der Waals surface area (Å²) in [6.07, 6.45) is 5.39. The van der Waals surface area contributed by atoms with Gasteiger partial charge in [-0.25, -0.2) is 4.98 Å². The minimum atomic E-state index is 0.137. The van der Waals surface area contributed by atoms with Crippen molar-refractivity contribution in [1.29, 1.82) is 0 Å². The van der Waals surface area contributed by atoms with Gasteiger partial charge in [0.25, 0.3) is 0 Å². The van der Waals surface area contributed by atoms with E-state index in [2.05, 4.69) is 26.2 Å². The van der Waals surface area contributed by atoms with Crippen molar-refractivity contribution < 1.29 is 4.74 Å². The Morgan fingerprint density at radius 3 is 3.00 bits per heavy atom. The van der Waals surface area contributed by atoms with Crippen molar-refractivity contribution in [2.75, 3.05) is 11.9 Å². The minimum absolute atomic E-state index is 0.137. The summed E-state index contributed by atoms with van der Waals surface area (Å²) in [4.78, 5) is 4.23.